The van der Waals surface area contributed by atoms with Gasteiger partial charge in [-0.1, -0.05) is 18.2 Å². The monoisotopic (exact) mass is 236 g/mol. The van der Waals surface area contributed by atoms with Crippen molar-refractivity contribution in [3.63, 3.8) is 0 Å². The summed E-state index contributed by atoms with van der Waals surface area (Å²) in [6, 6.07) is 7.63. The summed E-state index contributed by atoms with van der Waals surface area (Å²) in [7, 11) is 0. The maximum Gasteiger partial charge on any atom is 0.0843 e. The molecule has 4 nitrogen and oxygen atoms in total. The van der Waals surface area contributed by atoms with Crippen LogP contribution in [0.2, 0.25) is 0 Å². The van der Waals surface area contributed by atoms with Gasteiger partial charge in [-0.05, 0) is 32.0 Å². The van der Waals surface area contributed by atoms with Crippen LogP contribution in [0, 0.1) is 0 Å². The van der Waals surface area contributed by atoms with Gasteiger partial charge in [-0.25, -0.2) is 0 Å². The molecule has 1 saturated heterocycles. The molecule has 0 unspecified atom stereocenters. The molecule has 17 heavy (non-hydrogen) atoms. The average Bonchev–Trinajstić information content (AvgIpc) is 2.38. The largest absolute Gasteiger partial charge is 0.392 e. The van der Waals surface area contributed by atoms with Crippen LogP contribution in [0.4, 0.5) is 5.69 Å². The molecule has 2 rings (SSSR count). The van der Waals surface area contributed by atoms with Crippen molar-refractivity contribution in [3.05, 3.63) is 29.8 Å². The van der Waals surface area contributed by atoms with Gasteiger partial charge in [-0.3, -0.25) is 0 Å². The summed E-state index contributed by atoms with van der Waals surface area (Å²) in [5.41, 5.74) is 1.14. The van der Waals surface area contributed by atoms with Gasteiger partial charge in [0.1, 0.15) is 0 Å². The molecule has 4 heteroatoms. The second-order valence-corrected chi connectivity index (χ2v) is 4.64. The predicted octanol–water partition coefficient (Wildman–Crippen LogP) is 0.705. The molecule has 0 atom stereocenters. The van der Waals surface area contributed by atoms with Gasteiger partial charge in [0.2, 0.25) is 0 Å². The van der Waals surface area contributed by atoms with Gasteiger partial charge in [-0.15, -0.1) is 0 Å². The summed E-state index contributed by atoms with van der Waals surface area (Å²) in [6.45, 7) is 2.27. The molecule has 0 aliphatic carbocycles. The number of anilines is 1. The minimum atomic E-state index is -0.631. The van der Waals surface area contributed by atoms with E-state index in [0.29, 0.717) is 6.54 Å². The third kappa shape index (κ3) is 3.19. The molecule has 0 saturated carbocycles. The molecule has 4 N–H and O–H groups in total. The fourth-order valence-corrected chi connectivity index (χ4v) is 2.16. The molecule has 1 aromatic carbocycles. The van der Waals surface area contributed by atoms with E-state index >= 15 is 0 Å². The summed E-state index contributed by atoms with van der Waals surface area (Å²) in [5.74, 6) is 0. The van der Waals surface area contributed by atoms with Crippen molar-refractivity contribution in [1.82, 2.24) is 5.32 Å². The molecular weight excluding hydrogens is 216 g/mol. The normalized spacial score (nSPS) is 18.9. The first kappa shape index (κ1) is 12.4. The van der Waals surface area contributed by atoms with Crippen molar-refractivity contribution in [2.75, 3.05) is 25.0 Å². The highest BCUT2D eigenvalue weighted by Crippen LogP contribution is 2.21. The number of para-hydroxylation sites is 1. The van der Waals surface area contributed by atoms with Gasteiger partial charge in [0.25, 0.3) is 0 Å². The number of piperidine rings is 1. The maximum absolute atomic E-state index is 10.3. The van der Waals surface area contributed by atoms with Gasteiger partial charge in [0.15, 0.2) is 0 Å². The van der Waals surface area contributed by atoms with Crippen molar-refractivity contribution in [2.45, 2.75) is 25.0 Å². The maximum atomic E-state index is 10.3. The van der Waals surface area contributed by atoms with Crippen LogP contribution in [0.5, 0.6) is 0 Å². The molecule has 1 aliphatic heterocycles. The minimum Gasteiger partial charge on any atom is -0.392 e. The lowest BCUT2D eigenvalue weighted by Crippen LogP contribution is -2.46. The zero-order valence-electron chi connectivity index (χ0n) is 9.95. The fourth-order valence-electron chi connectivity index (χ4n) is 2.16. The first-order chi connectivity index (χ1) is 8.23. The van der Waals surface area contributed by atoms with Crippen molar-refractivity contribution >= 4 is 5.69 Å². The molecule has 1 aliphatic rings. The Bertz CT molecular complexity index is 362. The Morgan fingerprint density at radius 2 is 1.94 bits per heavy atom. The van der Waals surface area contributed by atoms with E-state index in [1.165, 1.54) is 0 Å². The minimum absolute atomic E-state index is 0.0170. The zero-order valence-corrected chi connectivity index (χ0v) is 9.95. The molecule has 94 valence electrons. The van der Waals surface area contributed by atoms with Crippen LogP contribution >= 0.6 is 0 Å². The van der Waals surface area contributed by atoms with Gasteiger partial charge in [0, 0.05) is 17.8 Å². The third-order valence-corrected chi connectivity index (χ3v) is 3.33. The predicted molar refractivity (Wildman–Crippen MR) is 67.9 cm³/mol. The van der Waals surface area contributed by atoms with E-state index in [0.717, 1.165) is 37.2 Å². The fraction of sp³-hybridized carbons (Fsp3) is 0.538. The van der Waals surface area contributed by atoms with Crippen molar-refractivity contribution in [3.8, 4) is 0 Å². The van der Waals surface area contributed by atoms with Crippen molar-refractivity contribution in [1.29, 1.82) is 0 Å². The Morgan fingerprint density at radius 3 is 2.65 bits per heavy atom. The van der Waals surface area contributed by atoms with Crippen LogP contribution in [0.15, 0.2) is 24.3 Å². The Morgan fingerprint density at radius 1 is 1.24 bits per heavy atom. The topological polar surface area (TPSA) is 64.5 Å². The quantitative estimate of drug-likeness (QED) is 0.621. The number of hydrogen-bond acceptors (Lipinski definition) is 4. The molecule has 0 amide bonds. The highest BCUT2D eigenvalue weighted by Gasteiger charge is 2.28. The summed E-state index contributed by atoms with van der Waals surface area (Å²) < 4.78 is 0. The number of nitrogens with one attached hydrogen (secondary N) is 2. The Balaban J connectivity index is 1.96. The first-order valence-electron chi connectivity index (χ1n) is 6.09. The SMILES string of the molecule is OCc1ccccc1NCC1(O)CCNCC1. The lowest BCUT2D eigenvalue weighted by molar-refractivity contribution is 0.0232. The molecule has 1 fully saturated rings. The summed E-state index contributed by atoms with van der Waals surface area (Å²) in [4.78, 5) is 0. The van der Waals surface area contributed by atoms with Gasteiger partial charge in [0.05, 0.1) is 12.2 Å². The molecule has 0 bridgehead atoms. The van der Waals surface area contributed by atoms with E-state index in [9.17, 15) is 10.2 Å². The van der Waals surface area contributed by atoms with Crippen LogP contribution in [0.1, 0.15) is 18.4 Å². The molecule has 0 aromatic heterocycles. The molecule has 0 spiro atoms. The van der Waals surface area contributed by atoms with Crippen LogP contribution in [-0.4, -0.2) is 35.4 Å². The summed E-state index contributed by atoms with van der Waals surface area (Å²) in [6.07, 6.45) is 1.53. The number of aliphatic hydroxyl groups excluding tert-OH is 1. The van der Waals surface area contributed by atoms with E-state index in [1.54, 1.807) is 0 Å². The Labute approximate surface area is 102 Å². The van der Waals surface area contributed by atoms with Crippen LogP contribution in [0.3, 0.4) is 0 Å². The lowest BCUT2D eigenvalue weighted by atomic mass is 9.92. The highest BCUT2D eigenvalue weighted by molar-refractivity contribution is 5.50. The number of benzene rings is 1. The number of aliphatic hydroxyl groups is 2. The van der Waals surface area contributed by atoms with E-state index in [2.05, 4.69) is 10.6 Å². The Kier molecular flexibility index (Phi) is 3.99. The first-order valence-corrected chi connectivity index (χ1v) is 6.09. The molecular formula is C13H20N2O2. The number of hydrogen-bond donors (Lipinski definition) is 4. The summed E-state index contributed by atoms with van der Waals surface area (Å²) >= 11 is 0. The second kappa shape index (κ2) is 5.49. The van der Waals surface area contributed by atoms with E-state index in [-0.39, 0.29) is 6.61 Å². The standard InChI is InChI=1S/C13H20N2O2/c16-9-11-3-1-2-4-12(11)15-10-13(17)5-7-14-8-6-13/h1-4,14-17H,5-10H2. The second-order valence-electron chi connectivity index (χ2n) is 4.64. The van der Waals surface area contributed by atoms with Crippen LogP contribution < -0.4 is 10.6 Å². The molecule has 1 heterocycles. The molecule has 0 radical (unpaired) electrons. The summed E-state index contributed by atoms with van der Waals surface area (Å²) in [5, 5.41) is 26.0. The van der Waals surface area contributed by atoms with Gasteiger partial charge in [-0.2, -0.15) is 0 Å². The van der Waals surface area contributed by atoms with Crippen LogP contribution in [0.25, 0.3) is 0 Å². The van der Waals surface area contributed by atoms with Crippen LogP contribution in [-0.2, 0) is 6.61 Å². The number of rotatable bonds is 4. The average molecular weight is 236 g/mol. The Hall–Kier alpha value is -1.10. The molecule has 1 aromatic rings. The zero-order chi connectivity index (χ0) is 12.1. The highest BCUT2D eigenvalue weighted by atomic mass is 16.3. The van der Waals surface area contributed by atoms with E-state index < -0.39 is 5.60 Å². The van der Waals surface area contributed by atoms with E-state index in [4.69, 9.17) is 0 Å². The third-order valence-electron chi connectivity index (χ3n) is 3.33. The van der Waals surface area contributed by atoms with Gasteiger partial charge < -0.3 is 20.8 Å². The van der Waals surface area contributed by atoms with Gasteiger partial charge >= 0.3 is 0 Å². The smallest absolute Gasteiger partial charge is 0.0843 e. The lowest BCUT2D eigenvalue weighted by Gasteiger charge is -2.33. The van der Waals surface area contributed by atoms with Crippen molar-refractivity contribution in [2.24, 2.45) is 0 Å². The van der Waals surface area contributed by atoms with E-state index in [1.807, 2.05) is 24.3 Å². The van der Waals surface area contributed by atoms with Crippen molar-refractivity contribution < 1.29 is 10.2 Å².